The summed E-state index contributed by atoms with van der Waals surface area (Å²) < 4.78 is 5.79. The first-order valence-corrected chi connectivity index (χ1v) is 7.13. The van der Waals surface area contributed by atoms with Crippen LogP contribution >= 0.6 is 0 Å². The summed E-state index contributed by atoms with van der Waals surface area (Å²) in [5.41, 5.74) is 2.00. The van der Waals surface area contributed by atoms with Crippen molar-refractivity contribution in [2.24, 2.45) is 0 Å². The number of hydrogen-bond acceptors (Lipinski definition) is 3. The van der Waals surface area contributed by atoms with E-state index in [4.69, 9.17) is 4.42 Å². The molecule has 4 aromatic rings. The van der Waals surface area contributed by atoms with Crippen LogP contribution in [0.4, 0.5) is 5.69 Å². The Hall–Kier alpha value is -3.34. The molecule has 0 aliphatic rings. The molecule has 0 atom stereocenters. The van der Waals surface area contributed by atoms with Gasteiger partial charge < -0.3 is 14.7 Å². The lowest BCUT2D eigenvalue weighted by molar-refractivity contribution is 0.102. The Morgan fingerprint density at radius 1 is 0.913 bits per heavy atom. The molecular weight excluding hydrogens is 292 g/mol. The highest BCUT2D eigenvalue weighted by atomic mass is 16.3. The van der Waals surface area contributed by atoms with Gasteiger partial charge in [0.2, 0.25) is 5.56 Å². The maximum absolute atomic E-state index is 12.2. The molecule has 2 N–H and O–H groups in total. The number of fused-ring (bicyclic) bond motifs is 3. The molecule has 0 aliphatic heterocycles. The normalized spacial score (nSPS) is 11.0. The van der Waals surface area contributed by atoms with Crippen LogP contribution in [-0.2, 0) is 0 Å². The molecule has 0 radical (unpaired) electrons. The number of furan rings is 1. The minimum Gasteiger partial charge on any atom is -0.456 e. The predicted octanol–water partition coefficient (Wildman–Crippen LogP) is 3.53. The number of pyridine rings is 1. The number of rotatable bonds is 2. The highest BCUT2D eigenvalue weighted by Gasteiger charge is 2.10. The molecule has 0 fully saturated rings. The number of aromatic amines is 1. The summed E-state index contributed by atoms with van der Waals surface area (Å²) >= 11 is 0. The van der Waals surface area contributed by atoms with Gasteiger partial charge in [0.05, 0.1) is 0 Å². The fraction of sp³-hybridized carbons (Fsp3) is 0. The number of H-pyrrole nitrogens is 1. The molecule has 0 spiro atoms. The van der Waals surface area contributed by atoms with Crippen molar-refractivity contribution in [3.63, 3.8) is 0 Å². The Bertz CT molecular complexity index is 1090. The lowest BCUT2D eigenvalue weighted by Gasteiger charge is -2.04. The smallest absolute Gasteiger partial charge is 0.272 e. The van der Waals surface area contributed by atoms with Gasteiger partial charge in [-0.2, -0.15) is 0 Å². The van der Waals surface area contributed by atoms with Crippen molar-refractivity contribution in [2.75, 3.05) is 5.32 Å². The number of anilines is 1. The van der Waals surface area contributed by atoms with Crippen molar-refractivity contribution >= 4 is 33.5 Å². The van der Waals surface area contributed by atoms with E-state index in [1.165, 1.54) is 12.1 Å². The summed E-state index contributed by atoms with van der Waals surface area (Å²) in [6.45, 7) is 0. The minimum absolute atomic E-state index is 0.210. The summed E-state index contributed by atoms with van der Waals surface area (Å²) in [6.07, 6.45) is 0. The van der Waals surface area contributed by atoms with Gasteiger partial charge in [-0.15, -0.1) is 0 Å². The molecule has 112 valence electrons. The highest BCUT2D eigenvalue weighted by Crippen LogP contribution is 2.30. The molecular formula is C18H12N2O3. The van der Waals surface area contributed by atoms with E-state index < -0.39 is 0 Å². The van der Waals surface area contributed by atoms with Crippen LogP contribution in [0.2, 0.25) is 0 Å². The van der Waals surface area contributed by atoms with Crippen LogP contribution in [0.1, 0.15) is 10.5 Å². The van der Waals surface area contributed by atoms with Gasteiger partial charge in [0.1, 0.15) is 16.9 Å². The van der Waals surface area contributed by atoms with Crippen LogP contribution in [0.25, 0.3) is 21.9 Å². The molecule has 2 heterocycles. The standard InChI is InChI=1S/C18H12N2O3/c21-17-7-3-5-14(20-17)18(22)19-11-8-9-13-12-4-1-2-6-15(12)23-16(13)10-11/h1-10H,(H,19,22)(H,20,21). The molecule has 4 rings (SSSR count). The number of carbonyl (C=O) groups is 1. The number of para-hydroxylation sites is 1. The third-order valence-electron chi connectivity index (χ3n) is 3.65. The Morgan fingerprint density at radius 3 is 2.61 bits per heavy atom. The first kappa shape index (κ1) is 13.3. The second-order valence-corrected chi connectivity index (χ2v) is 5.19. The van der Waals surface area contributed by atoms with Crippen molar-refractivity contribution in [3.8, 4) is 0 Å². The lowest BCUT2D eigenvalue weighted by Crippen LogP contribution is -2.17. The molecule has 2 aromatic carbocycles. The molecule has 5 nitrogen and oxygen atoms in total. The molecule has 5 heteroatoms. The van der Waals surface area contributed by atoms with Crippen molar-refractivity contribution in [3.05, 3.63) is 76.7 Å². The largest absolute Gasteiger partial charge is 0.456 e. The van der Waals surface area contributed by atoms with Crippen molar-refractivity contribution < 1.29 is 9.21 Å². The van der Waals surface area contributed by atoms with Crippen LogP contribution in [-0.4, -0.2) is 10.9 Å². The van der Waals surface area contributed by atoms with Crippen LogP contribution < -0.4 is 10.9 Å². The summed E-state index contributed by atoms with van der Waals surface area (Å²) in [5.74, 6) is -0.377. The van der Waals surface area contributed by atoms with Crippen molar-refractivity contribution in [2.45, 2.75) is 0 Å². The highest BCUT2D eigenvalue weighted by molar-refractivity contribution is 6.08. The fourth-order valence-corrected chi connectivity index (χ4v) is 2.58. The van der Waals surface area contributed by atoms with Crippen LogP contribution in [0.5, 0.6) is 0 Å². The molecule has 0 aliphatic carbocycles. The Balaban J connectivity index is 1.70. The second kappa shape index (κ2) is 5.14. The topological polar surface area (TPSA) is 75.1 Å². The number of nitrogens with one attached hydrogen (secondary N) is 2. The lowest BCUT2D eigenvalue weighted by atomic mass is 10.1. The molecule has 0 unspecified atom stereocenters. The summed E-state index contributed by atoms with van der Waals surface area (Å²) in [7, 11) is 0. The summed E-state index contributed by atoms with van der Waals surface area (Å²) in [6, 6.07) is 17.7. The first-order valence-electron chi connectivity index (χ1n) is 7.13. The van der Waals surface area contributed by atoms with Gasteiger partial charge in [0, 0.05) is 28.6 Å². The van der Waals surface area contributed by atoms with Gasteiger partial charge in [0.15, 0.2) is 0 Å². The third kappa shape index (κ3) is 2.38. The SMILES string of the molecule is O=C(Nc1ccc2c(c1)oc1ccccc12)c1cccc(=O)[nH]1. The second-order valence-electron chi connectivity index (χ2n) is 5.19. The van der Waals surface area contributed by atoms with E-state index >= 15 is 0 Å². The van der Waals surface area contributed by atoms with E-state index in [-0.39, 0.29) is 17.2 Å². The monoisotopic (exact) mass is 304 g/mol. The molecule has 23 heavy (non-hydrogen) atoms. The molecule has 0 bridgehead atoms. The van der Waals surface area contributed by atoms with E-state index in [9.17, 15) is 9.59 Å². The fourth-order valence-electron chi connectivity index (χ4n) is 2.58. The zero-order valence-electron chi connectivity index (χ0n) is 12.0. The average Bonchev–Trinajstić information content (AvgIpc) is 2.92. The maximum atomic E-state index is 12.2. The van der Waals surface area contributed by atoms with Crippen molar-refractivity contribution in [1.82, 2.24) is 4.98 Å². The molecule has 0 saturated heterocycles. The zero-order valence-corrected chi connectivity index (χ0v) is 12.0. The first-order chi connectivity index (χ1) is 11.2. The minimum atomic E-state index is -0.377. The molecule has 0 saturated carbocycles. The van der Waals surface area contributed by atoms with E-state index in [2.05, 4.69) is 10.3 Å². The molecule has 2 aromatic heterocycles. The van der Waals surface area contributed by atoms with Crippen molar-refractivity contribution in [1.29, 1.82) is 0 Å². The van der Waals surface area contributed by atoms with Gasteiger partial charge in [-0.05, 0) is 24.3 Å². The number of amides is 1. The molecule has 1 amide bonds. The Labute approximate surface area is 130 Å². The Morgan fingerprint density at radius 2 is 1.74 bits per heavy atom. The predicted molar refractivity (Wildman–Crippen MR) is 88.7 cm³/mol. The zero-order chi connectivity index (χ0) is 15.8. The van der Waals surface area contributed by atoms with Crippen LogP contribution in [0, 0.1) is 0 Å². The van der Waals surface area contributed by atoms with Gasteiger partial charge in [-0.3, -0.25) is 9.59 Å². The number of carbonyl (C=O) groups excluding carboxylic acids is 1. The number of aromatic nitrogens is 1. The summed E-state index contributed by atoms with van der Waals surface area (Å²) in [5, 5.41) is 4.78. The third-order valence-corrected chi connectivity index (χ3v) is 3.65. The van der Waals surface area contributed by atoms with E-state index in [1.807, 2.05) is 36.4 Å². The van der Waals surface area contributed by atoms with Crippen LogP contribution in [0.3, 0.4) is 0 Å². The quantitative estimate of drug-likeness (QED) is 0.595. The van der Waals surface area contributed by atoms with E-state index in [0.29, 0.717) is 11.3 Å². The van der Waals surface area contributed by atoms with E-state index in [1.54, 1.807) is 12.1 Å². The maximum Gasteiger partial charge on any atom is 0.272 e. The Kier molecular flexibility index (Phi) is 2.98. The summed E-state index contributed by atoms with van der Waals surface area (Å²) in [4.78, 5) is 25.9. The van der Waals surface area contributed by atoms with E-state index in [0.717, 1.165) is 16.4 Å². The average molecular weight is 304 g/mol. The van der Waals surface area contributed by atoms with Gasteiger partial charge in [-0.1, -0.05) is 24.3 Å². The van der Waals surface area contributed by atoms with Gasteiger partial charge in [0.25, 0.3) is 5.91 Å². The number of benzene rings is 2. The van der Waals surface area contributed by atoms with Gasteiger partial charge in [-0.25, -0.2) is 0 Å². The number of hydrogen-bond donors (Lipinski definition) is 2. The van der Waals surface area contributed by atoms with Gasteiger partial charge >= 0.3 is 0 Å². The van der Waals surface area contributed by atoms with Crippen LogP contribution in [0.15, 0.2) is 69.9 Å².